The predicted octanol–water partition coefficient (Wildman–Crippen LogP) is 6.66. The fourth-order valence-corrected chi connectivity index (χ4v) is 5.29. The van der Waals surface area contributed by atoms with Gasteiger partial charge < -0.3 is 19.8 Å². The summed E-state index contributed by atoms with van der Waals surface area (Å²) in [5, 5.41) is 15.5. The van der Waals surface area contributed by atoms with Gasteiger partial charge in [0.25, 0.3) is 11.6 Å². The number of aromatic nitrogens is 2. The summed E-state index contributed by atoms with van der Waals surface area (Å²) in [5.41, 5.74) is 3.90. The number of para-hydroxylation sites is 1. The van der Waals surface area contributed by atoms with Crippen LogP contribution in [-0.4, -0.2) is 38.8 Å². The van der Waals surface area contributed by atoms with Crippen molar-refractivity contribution in [2.45, 2.75) is 32.1 Å². The summed E-state index contributed by atoms with van der Waals surface area (Å²) < 4.78 is 10.9. The van der Waals surface area contributed by atoms with Crippen molar-refractivity contribution >= 4 is 45.3 Å². The second kappa shape index (κ2) is 14.4. The molecule has 2 heterocycles. The van der Waals surface area contributed by atoms with Crippen LogP contribution in [0.5, 0.6) is 0 Å². The molecule has 2 N–H and O–H groups in total. The van der Waals surface area contributed by atoms with Crippen LogP contribution < -0.4 is 5.32 Å². The van der Waals surface area contributed by atoms with Crippen LogP contribution in [0.25, 0.3) is 33.1 Å². The van der Waals surface area contributed by atoms with Gasteiger partial charge >= 0.3 is 11.9 Å². The van der Waals surface area contributed by atoms with Crippen LogP contribution in [0.15, 0.2) is 115 Å². The third kappa shape index (κ3) is 7.37. The molecule has 0 aliphatic rings. The molecule has 6 aromatic rings. The maximum absolute atomic E-state index is 13.8. The number of hydrogen-bond donors (Lipinski definition) is 2. The lowest BCUT2D eigenvalue weighted by Crippen LogP contribution is -2.42. The van der Waals surface area contributed by atoms with Crippen molar-refractivity contribution in [3.8, 4) is 11.3 Å². The van der Waals surface area contributed by atoms with Crippen LogP contribution in [0.3, 0.4) is 0 Å². The number of ether oxygens (including phenoxy) is 2. The number of nitrogens with one attached hydrogen (secondary N) is 2. The number of nitro groups is 1. The molecule has 11 nitrogen and oxygen atoms in total. The average molecular weight is 643 g/mol. The van der Waals surface area contributed by atoms with Gasteiger partial charge in [0.1, 0.15) is 24.9 Å². The molecule has 0 bridgehead atoms. The molecule has 2 aromatic heterocycles. The first-order valence-electron chi connectivity index (χ1n) is 15.2. The van der Waals surface area contributed by atoms with E-state index in [9.17, 15) is 24.5 Å². The molecule has 240 valence electrons. The lowest BCUT2D eigenvalue weighted by Gasteiger charge is -2.18. The Kier molecular flexibility index (Phi) is 9.47. The van der Waals surface area contributed by atoms with Gasteiger partial charge in [-0.1, -0.05) is 78.9 Å². The van der Waals surface area contributed by atoms with E-state index < -0.39 is 28.8 Å². The minimum Gasteiger partial charge on any atom is -0.461 e. The molecule has 0 spiro atoms. The first kappa shape index (κ1) is 31.6. The van der Waals surface area contributed by atoms with Crippen molar-refractivity contribution in [1.82, 2.24) is 15.3 Å². The SMILES string of the molecule is O=C(CC[C@H](NC(=O)c1cc2c([nH]c3ccccc32)c(-c2ccc([N+](=O)[O-])cc2)n1)C(=O)OCc1ccccc1)OCc1ccccc1. The maximum Gasteiger partial charge on any atom is 0.328 e. The van der Waals surface area contributed by atoms with Gasteiger partial charge in [-0.15, -0.1) is 0 Å². The van der Waals surface area contributed by atoms with Crippen molar-refractivity contribution in [3.05, 3.63) is 142 Å². The van der Waals surface area contributed by atoms with Crippen molar-refractivity contribution in [3.63, 3.8) is 0 Å². The molecule has 1 atom stereocenters. The Morgan fingerprint density at radius 2 is 1.42 bits per heavy atom. The zero-order valence-electron chi connectivity index (χ0n) is 25.6. The molecule has 4 aromatic carbocycles. The topological polar surface area (TPSA) is 154 Å². The van der Waals surface area contributed by atoms with Crippen LogP contribution >= 0.6 is 0 Å². The number of nitrogens with zero attached hydrogens (tertiary/aromatic N) is 2. The first-order valence-corrected chi connectivity index (χ1v) is 15.2. The fourth-order valence-electron chi connectivity index (χ4n) is 5.29. The Morgan fingerprint density at radius 1 is 0.792 bits per heavy atom. The van der Waals surface area contributed by atoms with Crippen LogP contribution in [0.1, 0.15) is 34.5 Å². The molecule has 0 radical (unpaired) electrons. The highest BCUT2D eigenvalue weighted by Crippen LogP contribution is 2.33. The normalized spacial score (nSPS) is 11.6. The van der Waals surface area contributed by atoms with Crippen LogP contribution in [0.4, 0.5) is 5.69 Å². The minimum absolute atomic E-state index is 0.00752. The van der Waals surface area contributed by atoms with Gasteiger partial charge in [0.2, 0.25) is 0 Å². The van der Waals surface area contributed by atoms with Gasteiger partial charge in [-0.05, 0) is 41.8 Å². The van der Waals surface area contributed by atoms with E-state index in [1.54, 1.807) is 18.2 Å². The van der Waals surface area contributed by atoms with Crippen LogP contribution in [0, 0.1) is 10.1 Å². The molecule has 0 saturated carbocycles. The summed E-state index contributed by atoms with van der Waals surface area (Å²) in [4.78, 5) is 58.6. The van der Waals surface area contributed by atoms with Crippen molar-refractivity contribution in [2.75, 3.05) is 0 Å². The van der Waals surface area contributed by atoms with Gasteiger partial charge in [-0.3, -0.25) is 19.7 Å². The van der Waals surface area contributed by atoms with Gasteiger partial charge in [-0.2, -0.15) is 0 Å². The molecular formula is C37H30N4O7. The Hall–Kier alpha value is -6.36. The molecule has 0 aliphatic carbocycles. The molecule has 48 heavy (non-hydrogen) atoms. The second-order valence-electron chi connectivity index (χ2n) is 11.1. The highest BCUT2D eigenvalue weighted by atomic mass is 16.6. The van der Waals surface area contributed by atoms with Crippen LogP contribution in [0.2, 0.25) is 0 Å². The Morgan fingerprint density at radius 3 is 2.08 bits per heavy atom. The predicted molar refractivity (Wildman–Crippen MR) is 179 cm³/mol. The van der Waals surface area contributed by atoms with Crippen LogP contribution in [-0.2, 0) is 32.3 Å². The average Bonchev–Trinajstić information content (AvgIpc) is 3.50. The van der Waals surface area contributed by atoms with Crippen molar-refractivity contribution in [2.24, 2.45) is 0 Å². The molecular weight excluding hydrogens is 612 g/mol. The van der Waals surface area contributed by atoms with Gasteiger partial charge in [-0.25, -0.2) is 9.78 Å². The van der Waals surface area contributed by atoms with E-state index in [4.69, 9.17) is 9.47 Å². The molecule has 1 amide bonds. The minimum atomic E-state index is -1.19. The van der Waals surface area contributed by atoms with Crippen molar-refractivity contribution in [1.29, 1.82) is 0 Å². The maximum atomic E-state index is 13.8. The smallest absolute Gasteiger partial charge is 0.328 e. The van der Waals surface area contributed by atoms with Gasteiger partial charge in [0.15, 0.2) is 0 Å². The number of pyridine rings is 1. The van der Waals surface area contributed by atoms with E-state index in [1.165, 1.54) is 12.1 Å². The zero-order chi connectivity index (χ0) is 33.5. The summed E-state index contributed by atoms with van der Waals surface area (Å²) >= 11 is 0. The highest BCUT2D eigenvalue weighted by molar-refractivity contribution is 6.13. The quantitative estimate of drug-likeness (QED) is 0.0854. The third-order valence-corrected chi connectivity index (χ3v) is 7.77. The zero-order valence-corrected chi connectivity index (χ0v) is 25.6. The standard InChI is InChI=1S/C37H30N4O7/c42-33(47-22-24-9-3-1-4-10-24)20-19-31(37(44)48-23-25-11-5-2-6-12-25)40-36(43)32-21-29-28-13-7-8-14-30(28)38-35(29)34(39-32)26-15-17-27(18-16-26)41(45)46/h1-18,21,31,38H,19-20,22-23H2,(H,40,43)/t31-/m0/s1. The number of H-pyrrole nitrogens is 1. The number of amides is 1. The summed E-state index contributed by atoms with van der Waals surface area (Å²) in [5.74, 6) is -1.91. The number of carbonyl (C=O) groups is 3. The molecule has 0 unspecified atom stereocenters. The summed E-state index contributed by atoms with van der Waals surface area (Å²) in [7, 11) is 0. The first-order chi connectivity index (χ1) is 23.4. The number of non-ortho nitro benzene ring substituents is 1. The molecule has 11 heteroatoms. The van der Waals surface area contributed by atoms with Gasteiger partial charge in [0.05, 0.1) is 16.1 Å². The number of benzene rings is 4. The number of esters is 2. The van der Waals surface area contributed by atoms with E-state index in [0.29, 0.717) is 22.2 Å². The number of nitro benzene ring substituents is 1. The van der Waals surface area contributed by atoms with E-state index >= 15 is 0 Å². The van der Waals surface area contributed by atoms with E-state index in [2.05, 4.69) is 15.3 Å². The van der Waals surface area contributed by atoms with Crippen molar-refractivity contribution < 1.29 is 28.8 Å². The largest absolute Gasteiger partial charge is 0.461 e. The molecule has 0 saturated heterocycles. The Balaban J connectivity index is 1.27. The molecule has 0 aliphatic heterocycles. The third-order valence-electron chi connectivity index (χ3n) is 7.77. The summed E-state index contributed by atoms with van der Waals surface area (Å²) in [6.45, 7) is 0.0590. The van der Waals surface area contributed by atoms with E-state index in [-0.39, 0.29) is 37.4 Å². The number of aromatic amines is 1. The van der Waals surface area contributed by atoms with E-state index in [1.807, 2.05) is 84.9 Å². The highest BCUT2D eigenvalue weighted by Gasteiger charge is 2.26. The number of carbonyl (C=O) groups excluding carboxylic acids is 3. The molecule has 0 fully saturated rings. The number of rotatable bonds is 12. The number of hydrogen-bond acceptors (Lipinski definition) is 8. The fraction of sp³-hybridized carbons (Fsp3) is 0.135. The number of fused-ring (bicyclic) bond motifs is 3. The summed E-state index contributed by atoms with van der Waals surface area (Å²) in [6, 6.07) is 32.2. The van der Waals surface area contributed by atoms with Gasteiger partial charge in [0, 0.05) is 40.4 Å². The lowest BCUT2D eigenvalue weighted by atomic mass is 10.1. The lowest BCUT2D eigenvalue weighted by molar-refractivity contribution is -0.384. The Bertz CT molecular complexity index is 2100. The molecule has 6 rings (SSSR count). The summed E-state index contributed by atoms with van der Waals surface area (Å²) in [6.07, 6.45) is -0.224. The van der Waals surface area contributed by atoms with E-state index in [0.717, 1.165) is 22.0 Å². The second-order valence-corrected chi connectivity index (χ2v) is 11.1. The Labute approximate surface area is 274 Å². The monoisotopic (exact) mass is 642 g/mol.